The lowest BCUT2D eigenvalue weighted by molar-refractivity contribution is -0.114. The summed E-state index contributed by atoms with van der Waals surface area (Å²) in [6, 6.07) is 10.8. The Labute approximate surface area is 154 Å². The molecule has 2 aromatic carbocycles. The van der Waals surface area contributed by atoms with Gasteiger partial charge < -0.3 is 10.6 Å². The summed E-state index contributed by atoms with van der Waals surface area (Å²) in [5.74, 6) is -0.0953. The number of halogens is 2. The van der Waals surface area contributed by atoms with Crippen LogP contribution in [0.3, 0.4) is 0 Å². The van der Waals surface area contributed by atoms with E-state index in [1.54, 1.807) is 24.3 Å². The number of benzene rings is 2. The fourth-order valence-electron chi connectivity index (χ4n) is 1.93. The van der Waals surface area contributed by atoms with Crippen molar-refractivity contribution in [2.75, 3.05) is 16.4 Å². The molecule has 0 radical (unpaired) electrons. The average Bonchev–Trinajstić information content (AvgIpc) is 2.54. The van der Waals surface area contributed by atoms with Gasteiger partial charge in [-0.05, 0) is 42.8 Å². The molecular formula is C17H16Cl2N2O2S. The Morgan fingerprint density at radius 1 is 1.04 bits per heavy atom. The molecule has 0 bridgehead atoms. The summed E-state index contributed by atoms with van der Waals surface area (Å²) in [4.78, 5) is 24.0. The highest BCUT2D eigenvalue weighted by atomic mass is 35.5. The molecule has 2 N–H and O–H groups in total. The van der Waals surface area contributed by atoms with Crippen molar-refractivity contribution >= 4 is 58.2 Å². The Bertz CT molecular complexity index is 764. The predicted octanol–water partition coefficient (Wildman–Crippen LogP) is 4.99. The average molecular weight is 383 g/mol. The third-order valence-corrected chi connectivity index (χ3v) is 4.91. The van der Waals surface area contributed by atoms with Crippen LogP contribution in [0.25, 0.3) is 0 Å². The summed E-state index contributed by atoms with van der Waals surface area (Å²) < 4.78 is 0. The SMILES string of the molecule is CC(=O)Nc1ccc(SCC(=O)Nc2c(Cl)ccc(C)c2Cl)cc1. The van der Waals surface area contributed by atoms with Gasteiger partial charge in [0.15, 0.2) is 0 Å². The van der Waals surface area contributed by atoms with Gasteiger partial charge in [0.2, 0.25) is 11.8 Å². The van der Waals surface area contributed by atoms with E-state index in [0.717, 1.165) is 16.1 Å². The molecule has 0 aliphatic rings. The first-order valence-electron chi connectivity index (χ1n) is 7.11. The minimum Gasteiger partial charge on any atom is -0.326 e. The molecule has 0 aromatic heterocycles. The Hall–Kier alpha value is -1.69. The molecule has 2 aromatic rings. The van der Waals surface area contributed by atoms with Crippen LogP contribution < -0.4 is 10.6 Å². The van der Waals surface area contributed by atoms with E-state index in [4.69, 9.17) is 23.2 Å². The van der Waals surface area contributed by atoms with Crippen LogP contribution >= 0.6 is 35.0 Å². The highest BCUT2D eigenvalue weighted by Gasteiger charge is 2.12. The molecule has 0 atom stereocenters. The Morgan fingerprint density at radius 2 is 1.71 bits per heavy atom. The zero-order valence-corrected chi connectivity index (χ0v) is 15.5. The van der Waals surface area contributed by atoms with E-state index < -0.39 is 0 Å². The van der Waals surface area contributed by atoms with Crippen molar-refractivity contribution in [3.8, 4) is 0 Å². The number of nitrogens with one attached hydrogen (secondary N) is 2. The van der Waals surface area contributed by atoms with Crippen molar-refractivity contribution in [3.05, 3.63) is 52.0 Å². The van der Waals surface area contributed by atoms with Crippen LogP contribution in [0.15, 0.2) is 41.3 Å². The van der Waals surface area contributed by atoms with Crippen LogP contribution in [0.2, 0.25) is 10.0 Å². The van der Waals surface area contributed by atoms with Gasteiger partial charge in [-0.15, -0.1) is 11.8 Å². The maximum Gasteiger partial charge on any atom is 0.234 e. The number of amides is 2. The molecule has 4 nitrogen and oxygen atoms in total. The van der Waals surface area contributed by atoms with E-state index in [1.165, 1.54) is 18.7 Å². The summed E-state index contributed by atoms with van der Waals surface area (Å²) in [6.07, 6.45) is 0. The number of anilines is 2. The van der Waals surface area contributed by atoms with Gasteiger partial charge in [-0.3, -0.25) is 9.59 Å². The first kappa shape index (κ1) is 18.6. The van der Waals surface area contributed by atoms with Gasteiger partial charge in [-0.25, -0.2) is 0 Å². The van der Waals surface area contributed by atoms with Crippen molar-refractivity contribution in [3.63, 3.8) is 0 Å². The number of rotatable bonds is 5. The third-order valence-electron chi connectivity index (χ3n) is 3.09. The van der Waals surface area contributed by atoms with Crippen LogP contribution in [0.5, 0.6) is 0 Å². The first-order chi connectivity index (χ1) is 11.4. The largest absolute Gasteiger partial charge is 0.326 e. The van der Waals surface area contributed by atoms with Crippen molar-refractivity contribution in [2.45, 2.75) is 18.7 Å². The lowest BCUT2D eigenvalue weighted by Crippen LogP contribution is -2.15. The molecule has 0 spiro atoms. The quantitative estimate of drug-likeness (QED) is 0.715. The van der Waals surface area contributed by atoms with Crippen molar-refractivity contribution in [1.82, 2.24) is 0 Å². The third kappa shape index (κ3) is 5.16. The molecule has 0 heterocycles. The highest BCUT2D eigenvalue weighted by Crippen LogP contribution is 2.33. The second-order valence-electron chi connectivity index (χ2n) is 5.10. The molecule has 0 saturated carbocycles. The Balaban J connectivity index is 1.94. The smallest absolute Gasteiger partial charge is 0.234 e. The minimum atomic E-state index is -0.194. The van der Waals surface area contributed by atoms with E-state index in [-0.39, 0.29) is 17.6 Å². The lowest BCUT2D eigenvalue weighted by atomic mass is 10.2. The van der Waals surface area contributed by atoms with Gasteiger partial charge >= 0.3 is 0 Å². The lowest BCUT2D eigenvalue weighted by Gasteiger charge is -2.11. The van der Waals surface area contributed by atoms with Crippen LogP contribution in [-0.4, -0.2) is 17.6 Å². The molecule has 0 aliphatic heterocycles. The molecule has 0 fully saturated rings. The molecule has 7 heteroatoms. The van der Waals surface area contributed by atoms with E-state index in [2.05, 4.69) is 10.6 Å². The molecule has 2 amide bonds. The van der Waals surface area contributed by atoms with E-state index >= 15 is 0 Å². The van der Waals surface area contributed by atoms with E-state index in [9.17, 15) is 9.59 Å². The van der Waals surface area contributed by atoms with Gasteiger partial charge in [-0.2, -0.15) is 0 Å². The van der Waals surface area contributed by atoms with E-state index in [0.29, 0.717) is 15.7 Å². The van der Waals surface area contributed by atoms with Crippen LogP contribution in [0, 0.1) is 6.92 Å². The zero-order valence-electron chi connectivity index (χ0n) is 13.2. The predicted molar refractivity (Wildman–Crippen MR) is 101 cm³/mol. The van der Waals surface area contributed by atoms with Crippen LogP contribution in [0.1, 0.15) is 12.5 Å². The number of carbonyl (C=O) groups is 2. The highest BCUT2D eigenvalue weighted by molar-refractivity contribution is 8.00. The fraction of sp³-hybridized carbons (Fsp3) is 0.176. The number of carbonyl (C=O) groups excluding carboxylic acids is 2. The van der Waals surface area contributed by atoms with Gasteiger partial charge in [0.25, 0.3) is 0 Å². The molecule has 0 aliphatic carbocycles. The number of aryl methyl sites for hydroxylation is 1. The standard InChI is InChI=1S/C17H16Cl2N2O2S/c1-10-3-8-14(18)17(16(10)19)21-15(23)9-24-13-6-4-12(5-7-13)20-11(2)22/h3-8H,9H2,1-2H3,(H,20,22)(H,21,23). The second kappa shape index (κ2) is 8.42. The fourth-order valence-corrected chi connectivity index (χ4v) is 3.10. The topological polar surface area (TPSA) is 58.2 Å². The molecule has 0 unspecified atom stereocenters. The van der Waals surface area contributed by atoms with Crippen LogP contribution in [-0.2, 0) is 9.59 Å². The molecule has 126 valence electrons. The van der Waals surface area contributed by atoms with Crippen molar-refractivity contribution < 1.29 is 9.59 Å². The van der Waals surface area contributed by atoms with Crippen molar-refractivity contribution in [1.29, 1.82) is 0 Å². The number of hydrogen-bond donors (Lipinski definition) is 2. The molecule has 0 saturated heterocycles. The minimum absolute atomic E-state index is 0.123. The summed E-state index contributed by atoms with van der Waals surface area (Å²) in [7, 11) is 0. The van der Waals surface area contributed by atoms with Gasteiger partial charge in [-0.1, -0.05) is 29.3 Å². The van der Waals surface area contributed by atoms with Gasteiger partial charge in [0, 0.05) is 17.5 Å². The van der Waals surface area contributed by atoms with Crippen LogP contribution in [0.4, 0.5) is 11.4 Å². The Kier molecular flexibility index (Phi) is 6.54. The maximum atomic E-state index is 12.1. The van der Waals surface area contributed by atoms with E-state index in [1.807, 2.05) is 19.1 Å². The summed E-state index contributed by atoms with van der Waals surface area (Å²) in [5, 5.41) is 6.29. The van der Waals surface area contributed by atoms with Crippen molar-refractivity contribution in [2.24, 2.45) is 0 Å². The zero-order chi connectivity index (χ0) is 17.7. The van der Waals surface area contributed by atoms with Gasteiger partial charge in [0.1, 0.15) is 0 Å². The molecule has 2 rings (SSSR count). The summed E-state index contributed by atoms with van der Waals surface area (Å²) >= 11 is 13.6. The van der Waals surface area contributed by atoms with Gasteiger partial charge in [0.05, 0.1) is 21.5 Å². The second-order valence-corrected chi connectivity index (χ2v) is 6.93. The number of hydrogen-bond acceptors (Lipinski definition) is 3. The molecule has 24 heavy (non-hydrogen) atoms. The first-order valence-corrected chi connectivity index (χ1v) is 8.86. The monoisotopic (exact) mass is 382 g/mol. The maximum absolute atomic E-state index is 12.1. The molecular weight excluding hydrogens is 367 g/mol. The summed E-state index contributed by atoms with van der Waals surface area (Å²) in [5.41, 5.74) is 2.00. The normalized spacial score (nSPS) is 10.3. The number of thioether (sulfide) groups is 1. The summed E-state index contributed by atoms with van der Waals surface area (Å²) in [6.45, 7) is 3.30. The Morgan fingerprint density at radius 3 is 2.33 bits per heavy atom.